The van der Waals surface area contributed by atoms with Crippen molar-refractivity contribution in [2.24, 2.45) is 0 Å². The number of anilines is 1. The molecule has 0 aliphatic rings. The van der Waals surface area contributed by atoms with Crippen LogP contribution in [0.25, 0.3) is 0 Å². The van der Waals surface area contributed by atoms with Crippen molar-refractivity contribution in [3.05, 3.63) is 77.3 Å². The molecule has 0 heterocycles. The van der Waals surface area contributed by atoms with Crippen LogP contribution >= 0.6 is 11.6 Å². The van der Waals surface area contributed by atoms with Gasteiger partial charge in [-0.05, 0) is 6.07 Å². The molecule has 25 heavy (non-hydrogen) atoms. The molecule has 2 aromatic rings. The molecule has 128 valence electrons. The van der Waals surface area contributed by atoms with Crippen molar-refractivity contribution in [2.75, 3.05) is 5.32 Å². The van der Waals surface area contributed by atoms with E-state index in [1.165, 1.54) is 6.07 Å². The smallest absolute Gasteiger partial charge is 0.277 e. The Morgan fingerprint density at radius 2 is 1.36 bits per heavy atom. The van der Waals surface area contributed by atoms with Gasteiger partial charge in [-0.15, -0.1) is 0 Å². The minimum absolute atomic E-state index is 0.00595. The third-order valence-corrected chi connectivity index (χ3v) is 3.31. The molecule has 1 amide bonds. The van der Waals surface area contributed by atoms with Crippen LogP contribution in [0.3, 0.4) is 0 Å². The first-order valence-electron chi connectivity index (χ1n) is 6.38. The number of non-ortho nitro benzene ring substituents is 3. The lowest BCUT2D eigenvalue weighted by molar-refractivity contribution is -0.394. The number of nitro benzene ring substituents is 3. The van der Waals surface area contributed by atoms with Crippen molar-refractivity contribution in [1.82, 2.24) is 0 Å². The Bertz CT molecular complexity index is 883. The third kappa shape index (κ3) is 4.03. The molecule has 11 nitrogen and oxygen atoms in total. The van der Waals surface area contributed by atoms with Gasteiger partial charge in [-0.25, -0.2) is 0 Å². The van der Waals surface area contributed by atoms with Crippen LogP contribution in [-0.2, 0) is 0 Å². The lowest BCUT2D eigenvalue weighted by atomic mass is 10.1. The monoisotopic (exact) mass is 366 g/mol. The molecular formula is C13H7ClN4O7. The minimum Gasteiger partial charge on any atom is -0.321 e. The van der Waals surface area contributed by atoms with Crippen molar-refractivity contribution in [3.8, 4) is 0 Å². The first-order valence-corrected chi connectivity index (χ1v) is 6.76. The van der Waals surface area contributed by atoms with Crippen molar-refractivity contribution >= 4 is 40.3 Å². The van der Waals surface area contributed by atoms with E-state index in [1.54, 1.807) is 0 Å². The number of nitrogens with zero attached hydrogens (tertiary/aromatic N) is 3. The predicted molar refractivity (Wildman–Crippen MR) is 85.8 cm³/mol. The van der Waals surface area contributed by atoms with E-state index >= 15 is 0 Å². The lowest BCUT2D eigenvalue weighted by Crippen LogP contribution is -2.13. The van der Waals surface area contributed by atoms with E-state index in [2.05, 4.69) is 5.32 Å². The van der Waals surface area contributed by atoms with Crippen LogP contribution in [0.2, 0.25) is 5.02 Å². The van der Waals surface area contributed by atoms with Crippen LogP contribution in [-0.4, -0.2) is 20.7 Å². The molecular weight excluding hydrogens is 360 g/mol. The number of rotatable bonds is 5. The maximum absolute atomic E-state index is 12.2. The fourth-order valence-electron chi connectivity index (χ4n) is 1.85. The van der Waals surface area contributed by atoms with Crippen molar-refractivity contribution in [2.45, 2.75) is 0 Å². The number of carbonyl (C=O) groups is 1. The Balaban J connectivity index is 2.36. The van der Waals surface area contributed by atoms with Crippen LogP contribution in [0.15, 0.2) is 36.4 Å². The van der Waals surface area contributed by atoms with Crippen molar-refractivity contribution in [1.29, 1.82) is 0 Å². The summed E-state index contributed by atoms with van der Waals surface area (Å²) in [7, 11) is 0. The number of hydrogen-bond acceptors (Lipinski definition) is 7. The average Bonchev–Trinajstić information content (AvgIpc) is 2.55. The number of hydrogen-bond donors (Lipinski definition) is 1. The van der Waals surface area contributed by atoms with E-state index in [-0.39, 0.29) is 22.0 Å². The summed E-state index contributed by atoms with van der Waals surface area (Å²) >= 11 is 5.83. The molecule has 2 rings (SSSR count). The van der Waals surface area contributed by atoms with Crippen molar-refractivity contribution in [3.63, 3.8) is 0 Å². The lowest BCUT2D eigenvalue weighted by Gasteiger charge is -2.07. The summed E-state index contributed by atoms with van der Waals surface area (Å²) in [5.41, 5.74) is -1.89. The molecule has 0 aliphatic heterocycles. The van der Waals surface area contributed by atoms with E-state index in [0.717, 1.165) is 30.3 Å². The molecule has 0 fully saturated rings. The summed E-state index contributed by atoms with van der Waals surface area (Å²) in [6.45, 7) is 0. The number of benzene rings is 2. The fraction of sp³-hybridized carbons (Fsp3) is 0. The van der Waals surface area contributed by atoms with Gasteiger partial charge < -0.3 is 5.32 Å². The van der Waals surface area contributed by atoms with Gasteiger partial charge in [0.1, 0.15) is 0 Å². The third-order valence-electron chi connectivity index (χ3n) is 3.00. The van der Waals surface area contributed by atoms with E-state index in [9.17, 15) is 35.1 Å². The summed E-state index contributed by atoms with van der Waals surface area (Å²) in [5.74, 6) is -0.900. The first kappa shape index (κ1) is 17.7. The van der Waals surface area contributed by atoms with E-state index < -0.39 is 32.1 Å². The van der Waals surface area contributed by atoms with Gasteiger partial charge in [-0.3, -0.25) is 35.1 Å². The highest BCUT2D eigenvalue weighted by atomic mass is 35.5. The second-order valence-electron chi connectivity index (χ2n) is 4.63. The Labute approximate surface area is 143 Å². The molecule has 0 radical (unpaired) electrons. The zero-order chi connectivity index (χ0) is 18.7. The molecule has 0 aromatic heterocycles. The number of carbonyl (C=O) groups excluding carboxylic acids is 1. The molecule has 12 heteroatoms. The molecule has 0 atom stereocenters. The van der Waals surface area contributed by atoms with E-state index in [4.69, 9.17) is 11.6 Å². The Kier molecular flexibility index (Phi) is 4.89. The highest BCUT2D eigenvalue weighted by Crippen LogP contribution is 2.28. The molecule has 1 N–H and O–H groups in total. The molecule has 0 bridgehead atoms. The van der Waals surface area contributed by atoms with Crippen LogP contribution in [0, 0.1) is 30.3 Å². The molecule has 0 aliphatic carbocycles. The molecule has 0 spiro atoms. The molecule has 2 aromatic carbocycles. The number of amides is 1. The fourth-order valence-corrected chi connectivity index (χ4v) is 2.07. The van der Waals surface area contributed by atoms with Gasteiger partial charge >= 0.3 is 0 Å². The van der Waals surface area contributed by atoms with Gasteiger partial charge in [0.05, 0.1) is 37.1 Å². The van der Waals surface area contributed by atoms with Gasteiger partial charge in [0.2, 0.25) is 0 Å². The number of nitro groups is 3. The highest BCUT2D eigenvalue weighted by Gasteiger charge is 2.20. The van der Waals surface area contributed by atoms with Gasteiger partial charge in [-0.2, -0.15) is 0 Å². The van der Waals surface area contributed by atoms with Gasteiger partial charge in [0.15, 0.2) is 0 Å². The molecule has 0 saturated carbocycles. The van der Waals surface area contributed by atoms with E-state index in [0.29, 0.717) is 0 Å². The van der Waals surface area contributed by atoms with Gasteiger partial charge in [-0.1, -0.05) is 11.6 Å². The van der Waals surface area contributed by atoms with Crippen LogP contribution in [0.1, 0.15) is 10.4 Å². The Morgan fingerprint density at radius 1 is 0.840 bits per heavy atom. The van der Waals surface area contributed by atoms with Crippen LogP contribution in [0.4, 0.5) is 22.7 Å². The Morgan fingerprint density at radius 3 is 1.80 bits per heavy atom. The zero-order valence-corrected chi connectivity index (χ0v) is 12.8. The summed E-state index contributed by atoms with van der Waals surface area (Å²) in [6, 6.07) is 5.72. The second kappa shape index (κ2) is 6.88. The van der Waals surface area contributed by atoms with Crippen LogP contribution in [0.5, 0.6) is 0 Å². The molecule has 0 saturated heterocycles. The van der Waals surface area contributed by atoms with Crippen LogP contribution < -0.4 is 5.32 Å². The second-order valence-corrected chi connectivity index (χ2v) is 5.03. The van der Waals surface area contributed by atoms with Gasteiger partial charge in [0.25, 0.3) is 23.0 Å². The van der Waals surface area contributed by atoms with Gasteiger partial charge in [0, 0.05) is 24.3 Å². The van der Waals surface area contributed by atoms with Crippen molar-refractivity contribution < 1.29 is 19.6 Å². The quantitative estimate of drug-likeness (QED) is 0.627. The number of nitrogens with one attached hydrogen (secondary N) is 1. The summed E-state index contributed by atoms with van der Waals surface area (Å²) < 4.78 is 0. The molecule has 0 unspecified atom stereocenters. The standard InChI is InChI=1S/C13H7ClN4O7/c14-11-6-8(16(20)21)1-2-12(11)15-13(19)7-3-9(17(22)23)5-10(4-7)18(24)25/h1-6H,(H,15,19). The highest BCUT2D eigenvalue weighted by molar-refractivity contribution is 6.34. The SMILES string of the molecule is O=C(Nc1ccc([N+](=O)[O-])cc1Cl)c1cc([N+](=O)[O-])cc([N+](=O)[O-])c1. The largest absolute Gasteiger partial charge is 0.321 e. The predicted octanol–water partition coefficient (Wildman–Crippen LogP) is 3.32. The maximum atomic E-state index is 12.2. The zero-order valence-electron chi connectivity index (χ0n) is 12.0. The maximum Gasteiger partial charge on any atom is 0.277 e. The topological polar surface area (TPSA) is 159 Å². The first-order chi connectivity index (χ1) is 11.7. The summed E-state index contributed by atoms with van der Waals surface area (Å²) in [6.07, 6.45) is 0. The number of halogens is 1. The average molecular weight is 367 g/mol. The summed E-state index contributed by atoms with van der Waals surface area (Å²) in [5, 5.41) is 34.5. The Hall–Kier alpha value is -3.60. The minimum atomic E-state index is -0.900. The normalized spacial score (nSPS) is 10.1. The summed E-state index contributed by atoms with van der Waals surface area (Å²) in [4.78, 5) is 42.1. The van der Waals surface area contributed by atoms with E-state index in [1.807, 2.05) is 0 Å².